The molecule has 72 valence electrons. The van der Waals surface area contributed by atoms with Crippen molar-refractivity contribution >= 4 is 38.9 Å². The molecule has 0 atom stereocenters. The topological polar surface area (TPSA) is 70.1 Å². The van der Waals surface area contributed by atoms with Crippen LogP contribution in [0, 0.1) is 5.41 Å². The lowest BCUT2D eigenvalue weighted by atomic mass is 10.2. The lowest BCUT2D eigenvalue weighted by Crippen LogP contribution is -2.08. The summed E-state index contributed by atoms with van der Waals surface area (Å²) in [7, 11) is 0. The molecule has 0 aliphatic carbocycles. The molecule has 0 spiro atoms. The molecule has 0 amide bonds. The smallest absolute Gasteiger partial charge is 0.134 e. The SMILES string of the molecule is N=C(N)c1cc2c(Cl)c(O)ccc2s1. The van der Waals surface area contributed by atoms with E-state index < -0.39 is 0 Å². The van der Waals surface area contributed by atoms with Gasteiger partial charge >= 0.3 is 0 Å². The van der Waals surface area contributed by atoms with Crippen LogP contribution in [0.2, 0.25) is 5.02 Å². The van der Waals surface area contributed by atoms with Crippen LogP contribution in [-0.2, 0) is 0 Å². The summed E-state index contributed by atoms with van der Waals surface area (Å²) in [6.45, 7) is 0. The molecule has 0 saturated heterocycles. The van der Waals surface area contributed by atoms with Crippen LogP contribution in [0.15, 0.2) is 18.2 Å². The van der Waals surface area contributed by atoms with Crippen molar-refractivity contribution in [1.29, 1.82) is 5.41 Å². The Morgan fingerprint density at radius 1 is 1.50 bits per heavy atom. The summed E-state index contributed by atoms with van der Waals surface area (Å²) < 4.78 is 0.915. The van der Waals surface area contributed by atoms with Gasteiger partial charge in [0.1, 0.15) is 11.6 Å². The molecular weight excluding hydrogens is 220 g/mol. The molecule has 0 fully saturated rings. The second-order valence-corrected chi connectivity index (χ2v) is 4.30. The van der Waals surface area contributed by atoms with Crippen molar-refractivity contribution < 1.29 is 5.11 Å². The number of nitrogens with one attached hydrogen (secondary N) is 1. The van der Waals surface area contributed by atoms with Gasteiger partial charge in [-0.25, -0.2) is 0 Å². The minimum absolute atomic E-state index is 0.0155. The maximum Gasteiger partial charge on any atom is 0.134 e. The quantitative estimate of drug-likeness (QED) is 0.517. The van der Waals surface area contributed by atoms with E-state index in [9.17, 15) is 5.11 Å². The normalized spacial score (nSPS) is 10.6. The molecule has 2 aromatic rings. The van der Waals surface area contributed by atoms with Crippen LogP contribution in [-0.4, -0.2) is 10.9 Å². The van der Waals surface area contributed by atoms with Crippen LogP contribution in [0.4, 0.5) is 0 Å². The van der Waals surface area contributed by atoms with Crippen molar-refractivity contribution in [2.24, 2.45) is 5.73 Å². The Hall–Kier alpha value is -1.26. The van der Waals surface area contributed by atoms with Crippen LogP contribution in [0.5, 0.6) is 5.75 Å². The number of benzene rings is 1. The summed E-state index contributed by atoms with van der Waals surface area (Å²) in [4.78, 5) is 0.660. The van der Waals surface area contributed by atoms with Crippen molar-refractivity contribution in [1.82, 2.24) is 0 Å². The predicted molar refractivity (Wildman–Crippen MR) is 59.5 cm³/mol. The average Bonchev–Trinajstić information content (AvgIpc) is 2.56. The maximum atomic E-state index is 9.35. The highest BCUT2D eigenvalue weighted by atomic mass is 35.5. The van der Waals surface area contributed by atoms with Crippen LogP contribution >= 0.6 is 22.9 Å². The summed E-state index contributed by atoms with van der Waals surface area (Å²) in [6, 6.07) is 5.00. The van der Waals surface area contributed by atoms with Gasteiger partial charge in [0.2, 0.25) is 0 Å². The molecule has 5 heteroatoms. The average molecular weight is 227 g/mol. The van der Waals surface area contributed by atoms with Gasteiger partial charge in [0.25, 0.3) is 0 Å². The number of hydrogen-bond donors (Lipinski definition) is 3. The molecule has 14 heavy (non-hydrogen) atoms. The van der Waals surface area contributed by atoms with Gasteiger partial charge in [0, 0.05) is 10.1 Å². The number of phenolic OH excluding ortho intramolecular Hbond substituents is 1. The van der Waals surface area contributed by atoms with Crippen LogP contribution in [0.25, 0.3) is 10.1 Å². The van der Waals surface area contributed by atoms with E-state index in [1.807, 2.05) is 0 Å². The fourth-order valence-corrected chi connectivity index (χ4v) is 2.41. The van der Waals surface area contributed by atoms with E-state index in [0.29, 0.717) is 9.90 Å². The fraction of sp³-hybridized carbons (Fsp3) is 0. The number of nitrogens with two attached hydrogens (primary N) is 1. The minimum Gasteiger partial charge on any atom is -0.506 e. The first-order valence-corrected chi connectivity index (χ1v) is 5.04. The van der Waals surface area contributed by atoms with E-state index in [2.05, 4.69) is 0 Å². The first kappa shape index (κ1) is 9.30. The molecule has 2 rings (SSSR count). The van der Waals surface area contributed by atoms with Crippen molar-refractivity contribution in [3.8, 4) is 5.75 Å². The van der Waals surface area contributed by atoms with Crippen molar-refractivity contribution in [2.45, 2.75) is 0 Å². The lowest BCUT2D eigenvalue weighted by molar-refractivity contribution is 0.476. The first-order valence-electron chi connectivity index (χ1n) is 3.85. The molecule has 0 unspecified atom stereocenters. The third-order valence-corrected chi connectivity index (χ3v) is 3.41. The van der Waals surface area contributed by atoms with E-state index in [4.69, 9.17) is 22.7 Å². The maximum absolute atomic E-state index is 9.35. The van der Waals surface area contributed by atoms with Gasteiger partial charge in [0.05, 0.1) is 9.90 Å². The minimum atomic E-state index is 0.0155. The highest BCUT2D eigenvalue weighted by molar-refractivity contribution is 7.21. The third kappa shape index (κ3) is 1.32. The van der Waals surface area contributed by atoms with Crippen LogP contribution in [0.3, 0.4) is 0 Å². The summed E-state index contributed by atoms with van der Waals surface area (Å²) >= 11 is 7.27. The number of aromatic hydroxyl groups is 1. The molecule has 0 aliphatic rings. The molecule has 1 aromatic carbocycles. The number of halogens is 1. The predicted octanol–water partition coefficient (Wildman–Crippen LogP) is 2.54. The number of fused-ring (bicyclic) bond motifs is 1. The monoisotopic (exact) mass is 226 g/mol. The zero-order chi connectivity index (χ0) is 10.3. The molecule has 0 aliphatic heterocycles. The molecular formula is C9H7ClN2OS. The van der Waals surface area contributed by atoms with Gasteiger partial charge < -0.3 is 10.8 Å². The van der Waals surface area contributed by atoms with Gasteiger partial charge in [-0.2, -0.15) is 0 Å². The number of hydrogen-bond acceptors (Lipinski definition) is 3. The molecule has 0 bridgehead atoms. The van der Waals surface area contributed by atoms with Gasteiger partial charge in [-0.05, 0) is 18.2 Å². The van der Waals surface area contributed by atoms with Crippen molar-refractivity contribution in [2.75, 3.05) is 0 Å². The number of amidine groups is 1. The largest absolute Gasteiger partial charge is 0.506 e. The Balaban J connectivity index is 2.77. The first-order chi connectivity index (χ1) is 6.59. The van der Waals surface area contributed by atoms with Gasteiger partial charge in [0.15, 0.2) is 0 Å². The van der Waals surface area contributed by atoms with Gasteiger partial charge in [-0.15, -0.1) is 11.3 Å². The van der Waals surface area contributed by atoms with Crippen molar-refractivity contribution in [3.05, 3.63) is 28.1 Å². The Labute approximate surface area is 89.2 Å². The second kappa shape index (κ2) is 3.15. The molecule has 0 saturated carbocycles. The number of nitrogen functional groups attached to an aromatic ring is 1. The van der Waals surface area contributed by atoms with E-state index in [-0.39, 0.29) is 11.6 Å². The lowest BCUT2D eigenvalue weighted by Gasteiger charge is -1.95. The second-order valence-electron chi connectivity index (χ2n) is 2.83. The number of thiophene rings is 1. The summed E-state index contributed by atoms with van der Waals surface area (Å²) in [5.74, 6) is 0.0637. The summed E-state index contributed by atoms with van der Waals surface area (Å²) in [5.41, 5.74) is 5.35. The van der Waals surface area contributed by atoms with E-state index in [0.717, 1.165) is 10.1 Å². The Kier molecular flexibility index (Phi) is 2.09. The van der Waals surface area contributed by atoms with Crippen LogP contribution < -0.4 is 5.73 Å². The summed E-state index contributed by atoms with van der Waals surface area (Å²) in [5, 5.41) is 17.7. The third-order valence-electron chi connectivity index (χ3n) is 1.88. The molecule has 1 aromatic heterocycles. The van der Waals surface area contributed by atoms with Crippen LogP contribution in [0.1, 0.15) is 4.88 Å². The zero-order valence-electron chi connectivity index (χ0n) is 7.04. The van der Waals surface area contributed by atoms with Gasteiger partial charge in [-0.3, -0.25) is 5.41 Å². The molecule has 0 radical (unpaired) electrons. The highest BCUT2D eigenvalue weighted by Crippen LogP contribution is 2.36. The van der Waals surface area contributed by atoms with Crippen molar-refractivity contribution in [3.63, 3.8) is 0 Å². The van der Waals surface area contributed by atoms with E-state index >= 15 is 0 Å². The number of rotatable bonds is 1. The van der Waals surface area contributed by atoms with E-state index in [1.165, 1.54) is 17.4 Å². The molecule has 3 nitrogen and oxygen atoms in total. The standard InChI is InChI=1S/C9H7ClN2OS/c10-8-4-3-7(9(11)12)14-6(4)2-1-5(8)13/h1-3,13H,(H3,11,12). The highest BCUT2D eigenvalue weighted by Gasteiger charge is 2.09. The Morgan fingerprint density at radius 2 is 2.21 bits per heavy atom. The molecule has 4 N–H and O–H groups in total. The Morgan fingerprint density at radius 3 is 2.86 bits per heavy atom. The summed E-state index contributed by atoms with van der Waals surface area (Å²) in [6.07, 6.45) is 0. The van der Waals surface area contributed by atoms with Gasteiger partial charge in [-0.1, -0.05) is 11.6 Å². The molecule has 1 heterocycles. The fourth-order valence-electron chi connectivity index (χ4n) is 1.20. The van der Waals surface area contributed by atoms with E-state index in [1.54, 1.807) is 12.1 Å². The Bertz CT molecular complexity index is 521. The zero-order valence-corrected chi connectivity index (χ0v) is 8.62. The number of phenols is 1.